The lowest BCUT2D eigenvalue weighted by Crippen LogP contribution is -2.53. The van der Waals surface area contributed by atoms with E-state index in [0.29, 0.717) is 11.6 Å². The molecule has 0 spiro atoms. The highest BCUT2D eigenvalue weighted by atomic mass is 16.5. The second kappa shape index (κ2) is 7.34. The van der Waals surface area contributed by atoms with Gasteiger partial charge in [0.05, 0.1) is 13.3 Å². The van der Waals surface area contributed by atoms with Gasteiger partial charge in [-0.1, -0.05) is 24.3 Å². The summed E-state index contributed by atoms with van der Waals surface area (Å²) in [6.45, 7) is 0. The maximum absolute atomic E-state index is 12.1. The van der Waals surface area contributed by atoms with E-state index in [1.165, 1.54) is 7.11 Å². The molecule has 2 aromatic rings. The van der Waals surface area contributed by atoms with Crippen LogP contribution in [-0.4, -0.2) is 36.2 Å². The Balaban J connectivity index is 1.56. The van der Waals surface area contributed by atoms with Crippen molar-refractivity contribution in [3.05, 3.63) is 54.2 Å². The lowest BCUT2D eigenvalue weighted by Gasteiger charge is -2.34. The summed E-state index contributed by atoms with van der Waals surface area (Å²) in [5.74, 6) is 0.365. The van der Waals surface area contributed by atoms with Crippen molar-refractivity contribution in [1.82, 2.24) is 21.2 Å². The van der Waals surface area contributed by atoms with Gasteiger partial charge in [0.1, 0.15) is 11.8 Å². The summed E-state index contributed by atoms with van der Waals surface area (Å²) in [5.41, 5.74) is 6.77. The minimum Gasteiger partial charge on any atom is -0.468 e. The number of carbonyl (C=O) groups is 2. The molecule has 1 amide bonds. The number of methoxy groups -OCH3 is 1. The number of hydrogen-bond donors (Lipinski definition) is 3. The Hall–Kier alpha value is -2.97. The van der Waals surface area contributed by atoms with Gasteiger partial charge in [-0.05, 0) is 17.7 Å². The Morgan fingerprint density at radius 2 is 1.96 bits per heavy atom. The van der Waals surface area contributed by atoms with E-state index in [1.54, 1.807) is 12.3 Å². The second-order valence-corrected chi connectivity index (χ2v) is 6.57. The third-order valence-corrected chi connectivity index (χ3v) is 4.96. The molecule has 27 heavy (non-hydrogen) atoms. The highest BCUT2D eigenvalue weighted by Gasteiger charge is 2.49. The van der Waals surface area contributed by atoms with Crippen molar-refractivity contribution in [3.8, 4) is 11.6 Å². The number of para-hydroxylation sites is 1. The van der Waals surface area contributed by atoms with Crippen LogP contribution in [0.4, 0.5) is 0 Å². The molecular weight excluding hydrogens is 348 g/mol. The van der Waals surface area contributed by atoms with E-state index in [-0.39, 0.29) is 36.3 Å². The average molecular weight is 368 g/mol. The number of nitrogens with zero attached hydrogens (tertiary/aromatic N) is 1. The van der Waals surface area contributed by atoms with Crippen LogP contribution < -0.4 is 20.9 Å². The predicted molar refractivity (Wildman–Crippen MR) is 95.6 cm³/mol. The number of esters is 1. The SMILES string of the molecule is COC(=O)C1NNC2NC(=O)CC(c3ccc(Oc4ccccc4)nc3)C21. The van der Waals surface area contributed by atoms with Gasteiger partial charge in [-0.15, -0.1) is 0 Å². The Morgan fingerprint density at radius 1 is 1.15 bits per heavy atom. The Bertz CT molecular complexity index is 827. The zero-order chi connectivity index (χ0) is 18.8. The molecule has 0 saturated carbocycles. The van der Waals surface area contributed by atoms with Crippen molar-refractivity contribution in [2.75, 3.05) is 7.11 Å². The predicted octanol–water partition coefficient (Wildman–Crippen LogP) is 1.07. The Morgan fingerprint density at radius 3 is 2.67 bits per heavy atom. The number of fused-ring (bicyclic) bond motifs is 1. The van der Waals surface area contributed by atoms with E-state index in [1.807, 2.05) is 36.4 Å². The van der Waals surface area contributed by atoms with Gasteiger partial charge in [0.2, 0.25) is 11.8 Å². The molecule has 4 unspecified atom stereocenters. The Labute approximate surface area is 156 Å². The van der Waals surface area contributed by atoms with Crippen LogP contribution in [0.25, 0.3) is 0 Å². The van der Waals surface area contributed by atoms with E-state index >= 15 is 0 Å². The van der Waals surface area contributed by atoms with Crippen LogP contribution in [0.15, 0.2) is 48.7 Å². The zero-order valence-corrected chi connectivity index (χ0v) is 14.7. The number of rotatable bonds is 4. The highest BCUT2D eigenvalue weighted by Crippen LogP contribution is 2.37. The van der Waals surface area contributed by atoms with Gasteiger partial charge in [0.15, 0.2) is 0 Å². The zero-order valence-electron chi connectivity index (χ0n) is 14.7. The van der Waals surface area contributed by atoms with Crippen molar-refractivity contribution in [2.24, 2.45) is 5.92 Å². The molecule has 2 fully saturated rings. The van der Waals surface area contributed by atoms with Gasteiger partial charge in [-0.25, -0.2) is 15.8 Å². The lowest BCUT2D eigenvalue weighted by molar-refractivity contribution is -0.145. The van der Waals surface area contributed by atoms with Crippen molar-refractivity contribution < 1.29 is 19.1 Å². The van der Waals surface area contributed by atoms with Gasteiger partial charge < -0.3 is 14.8 Å². The maximum atomic E-state index is 12.1. The minimum absolute atomic E-state index is 0.0781. The van der Waals surface area contributed by atoms with Crippen LogP contribution in [0.5, 0.6) is 11.6 Å². The van der Waals surface area contributed by atoms with Crippen molar-refractivity contribution in [2.45, 2.75) is 24.5 Å². The number of piperidine rings is 1. The lowest BCUT2D eigenvalue weighted by atomic mass is 9.76. The maximum Gasteiger partial charge on any atom is 0.324 e. The number of ether oxygens (including phenoxy) is 2. The van der Waals surface area contributed by atoms with Crippen molar-refractivity contribution in [3.63, 3.8) is 0 Å². The number of nitrogens with one attached hydrogen (secondary N) is 3. The van der Waals surface area contributed by atoms with Gasteiger partial charge in [0.25, 0.3) is 0 Å². The summed E-state index contributed by atoms with van der Waals surface area (Å²) in [5, 5.41) is 2.87. The van der Waals surface area contributed by atoms with Gasteiger partial charge >= 0.3 is 5.97 Å². The van der Waals surface area contributed by atoms with Crippen LogP contribution in [-0.2, 0) is 14.3 Å². The molecule has 0 aliphatic carbocycles. The molecular formula is C19H20N4O4. The number of aromatic nitrogens is 1. The van der Waals surface area contributed by atoms with Gasteiger partial charge in [0, 0.05) is 30.5 Å². The van der Waals surface area contributed by atoms with Crippen molar-refractivity contribution >= 4 is 11.9 Å². The summed E-state index contributed by atoms with van der Waals surface area (Å²) in [6, 6.07) is 12.5. The molecule has 2 aliphatic heterocycles. The fourth-order valence-electron chi connectivity index (χ4n) is 3.69. The minimum atomic E-state index is -0.550. The number of benzene rings is 1. The van der Waals surface area contributed by atoms with E-state index in [2.05, 4.69) is 21.2 Å². The first kappa shape index (κ1) is 17.4. The molecule has 2 aliphatic rings. The number of hydrogen-bond acceptors (Lipinski definition) is 7. The van der Waals surface area contributed by atoms with E-state index in [4.69, 9.17) is 9.47 Å². The summed E-state index contributed by atoms with van der Waals surface area (Å²) in [6.07, 6.45) is 1.63. The molecule has 0 bridgehead atoms. The first-order valence-electron chi connectivity index (χ1n) is 8.73. The smallest absolute Gasteiger partial charge is 0.324 e. The summed E-state index contributed by atoms with van der Waals surface area (Å²) >= 11 is 0. The van der Waals surface area contributed by atoms with E-state index < -0.39 is 6.04 Å². The van der Waals surface area contributed by atoms with E-state index in [9.17, 15) is 9.59 Å². The first-order valence-corrected chi connectivity index (χ1v) is 8.73. The molecule has 3 N–H and O–H groups in total. The quantitative estimate of drug-likeness (QED) is 0.694. The molecule has 8 heteroatoms. The topological polar surface area (TPSA) is 102 Å². The van der Waals surface area contributed by atoms with Crippen molar-refractivity contribution in [1.29, 1.82) is 0 Å². The molecule has 1 aromatic heterocycles. The monoisotopic (exact) mass is 368 g/mol. The molecule has 8 nitrogen and oxygen atoms in total. The Kier molecular flexibility index (Phi) is 4.74. The highest BCUT2D eigenvalue weighted by molar-refractivity contribution is 5.81. The van der Waals surface area contributed by atoms with Crippen LogP contribution in [0, 0.1) is 5.92 Å². The molecule has 2 saturated heterocycles. The molecule has 4 rings (SSSR count). The summed E-state index contributed by atoms with van der Waals surface area (Å²) in [4.78, 5) is 28.6. The summed E-state index contributed by atoms with van der Waals surface area (Å²) < 4.78 is 10.6. The normalized spacial score (nSPS) is 26.8. The number of amides is 1. The first-order chi connectivity index (χ1) is 13.2. The van der Waals surface area contributed by atoms with Gasteiger partial charge in [-0.2, -0.15) is 0 Å². The molecule has 4 atom stereocenters. The standard InChI is InChI=1S/C19H20N4O4/c1-26-19(25)17-16-13(9-14(24)21-18(16)23-22-17)11-7-8-15(20-10-11)27-12-5-3-2-4-6-12/h2-8,10,13,16-18,22-23H,9H2,1H3,(H,21,24). The fraction of sp³-hybridized carbons (Fsp3) is 0.316. The van der Waals surface area contributed by atoms with E-state index in [0.717, 1.165) is 5.56 Å². The number of carbonyl (C=O) groups excluding carboxylic acids is 2. The third-order valence-electron chi connectivity index (χ3n) is 4.96. The molecule has 140 valence electrons. The summed E-state index contributed by atoms with van der Waals surface area (Å²) in [7, 11) is 1.35. The largest absolute Gasteiger partial charge is 0.468 e. The van der Waals surface area contributed by atoms with Crippen LogP contribution in [0.3, 0.4) is 0 Å². The fourth-order valence-corrected chi connectivity index (χ4v) is 3.69. The number of pyridine rings is 1. The van der Waals surface area contributed by atoms with Crippen LogP contribution in [0.2, 0.25) is 0 Å². The number of hydrazine groups is 1. The third kappa shape index (κ3) is 3.49. The van der Waals surface area contributed by atoms with Crippen LogP contribution >= 0.6 is 0 Å². The molecule has 1 aromatic carbocycles. The van der Waals surface area contributed by atoms with Crippen LogP contribution in [0.1, 0.15) is 17.9 Å². The average Bonchev–Trinajstić information content (AvgIpc) is 3.12. The molecule has 3 heterocycles. The molecule has 0 radical (unpaired) electrons. The van der Waals surface area contributed by atoms with Gasteiger partial charge in [-0.3, -0.25) is 9.59 Å². The second-order valence-electron chi connectivity index (χ2n) is 6.57.